The number of carbonyl (C=O) groups is 2. The Morgan fingerprint density at radius 2 is 1.11 bits per heavy atom. The fraction of sp³-hybridized carbons (Fsp3) is 0.800. The summed E-state index contributed by atoms with van der Waals surface area (Å²) in [6, 6.07) is 0. The van der Waals surface area contributed by atoms with E-state index in [1.807, 2.05) is 0 Å². The highest BCUT2D eigenvalue weighted by Crippen LogP contribution is 1.86. The van der Waals surface area contributed by atoms with Gasteiger partial charge in [-0.2, -0.15) is 0 Å². The molecule has 0 aromatic carbocycles. The zero-order chi connectivity index (χ0) is 14.2. The highest BCUT2D eigenvalue weighted by Gasteiger charge is 2.00. The molecule has 0 unspecified atom stereocenters. The lowest BCUT2D eigenvalue weighted by Crippen LogP contribution is -2.32. The SMILES string of the molecule is NCCNCCNCCN.O=C(O)CCC(=O)O. The lowest BCUT2D eigenvalue weighted by molar-refractivity contribution is -0.143. The van der Waals surface area contributed by atoms with Crippen LogP contribution in [0.15, 0.2) is 0 Å². The second kappa shape index (κ2) is 15.8. The number of nitrogens with one attached hydrogen (secondary N) is 2. The van der Waals surface area contributed by atoms with Crippen molar-refractivity contribution in [3.63, 3.8) is 0 Å². The molecule has 8 heteroatoms. The van der Waals surface area contributed by atoms with Crippen LogP contribution in [0.5, 0.6) is 0 Å². The van der Waals surface area contributed by atoms with Crippen LogP contribution in [0.4, 0.5) is 0 Å². The van der Waals surface area contributed by atoms with E-state index in [9.17, 15) is 9.59 Å². The van der Waals surface area contributed by atoms with Gasteiger partial charge in [-0.05, 0) is 0 Å². The molecule has 8 nitrogen and oxygen atoms in total. The molecule has 0 bridgehead atoms. The van der Waals surface area contributed by atoms with Gasteiger partial charge in [0.1, 0.15) is 0 Å². The van der Waals surface area contributed by atoms with Crippen molar-refractivity contribution < 1.29 is 19.8 Å². The molecule has 0 rings (SSSR count). The zero-order valence-corrected chi connectivity index (χ0v) is 10.5. The first-order valence-corrected chi connectivity index (χ1v) is 5.79. The highest BCUT2D eigenvalue weighted by molar-refractivity contribution is 5.75. The van der Waals surface area contributed by atoms with E-state index >= 15 is 0 Å². The van der Waals surface area contributed by atoms with Gasteiger partial charge >= 0.3 is 11.9 Å². The van der Waals surface area contributed by atoms with E-state index in [0.717, 1.165) is 26.2 Å². The van der Waals surface area contributed by atoms with Crippen molar-refractivity contribution in [2.75, 3.05) is 39.3 Å². The summed E-state index contributed by atoms with van der Waals surface area (Å²) in [5.41, 5.74) is 10.5. The third-order valence-corrected chi connectivity index (χ3v) is 1.67. The Labute approximate surface area is 107 Å². The Morgan fingerprint density at radius 3 is 1.33 bits per heavy atom. The standard InChI is InChI=1S/C6H18N4.C4H6O4/c7-1-3-9-5-6-10-4-2-8;5-3(6)1-2-4(7)8/h9-10H,1-8H2;1-2H2,(H,5,6)(H,7,8). The molecule has 0 aromatic heterocycles. The van der Waals surface area contributed by atoms with E-state index in [0.29, 0.717) is 13.1 Å². The normalized spacial score (nSPS) is 9.44. The fourth-order valence-electron chi connectivity index (χ4n) is 0.845. The summed E-state index contributed by atoms with van der Waals surface area (Å²) in [6.07, 6.45) is -0.593. The smallest absolute Gasteiger partial charge is 0.303 e. The lowest BCUT2D eigenvalue weighted by Gasteiger charge is -2.03. The first-order valence-electron chi connectivity index (χ1n) is 5.79. The molecule has 0 aliphatic rings. The molecular formula is C10H24N4O4. The van der Waals surface area contributed by atoms with Gasteiger partial charge in [0.2, 0.25) is 0 Å². The third-order valence-electron chi connectivity index (χ3n) is 1.67. The van der Waals surface area contributed by atoms with E-state index in [4.69, 9.17) is 21.7 Å². The molecule has 108 valence electrons. The van der Waals surface area contributed by atoms with Gasteiger partial charge in [-0.25, -0.2) is 0 Å². The third kappa shape index (κ3) is 24.2. The Bertz CT molecular complexity index is 192. The van der Waals surface area contributed by atoms with Crippen molar-refractivity contribution in [1.29, 1.82) is 0 Å². The average molecular weight is 264 g/mol. The Balaban J connectivity index is 0. The van der Waals surface area contributed by atoms with E-state index < -0.39 is 11.9 Å². The zero-order valence-electron chi connectivity index (χ0n) is 10.5. The Morgan fingerprint density at radius 1 is 0.778 bits per heavy atom. The molecule has 0 spiro atoms. The number of hydrogen-bond acceptors (Lipinski definition) is 6. The summed E-state index contributed by atoms with van der Waals surface area (Å²) in [6.45, 7) is 5.14. The van der Waals surface area contributed by atoms with Gasteiger partial charge in [0.05, 0.1) is 12.8 Å². The van der Waals surface area contributed by atoms with Crippen molar-refractivity contribution in [3.05, 3.63) is 0 Å². The Hall–Kier alpha value is -1.22. The Kier molecular flexibility index (Phi) is 16.8. The quantitative estimate of drug-likeness (QED) is 0.248. The number of carboxylic acids is 2. The van der Waals surface area contributed by atoms with Crippen LogP contribution in [0.2, 0.25) is 0 Å². The second-order valence-electron chi connectivity index (χ2n) is 3.36. The predicted molar refractivity (Wildman–Crippen MR) is 68.4 cm³/mol. The molecule has 18 heavy (non-hydrogen) atoms. The van der Waals surface area contributed by atoms with Crippen LogP contribution < -0.4 is 22.1 Å². The van der Waals surface area contributed by atoms with E-state index in [2.05, 4.69) is 10.6 Å². The average Bonchev–Trinajstić information content (AvgIpc) is 2.32. The van der Waals surface area contributed by atoms with Gasteiger partial charge < -0.3 is 32.3 Å². The summed E-state index contributed by atoms with van der Waals surface area (Å²) in [5, 5.41) is 22.1. The predicted octanol–water partition coefficient (Wildman–Crippen LogP) is -1.98. The van der Waals surface area contributed by atoms with Crippen molar-refractivity contribution in [1.82, 2.24) is 10.6 Å². The molecule has 0 fully saturated rings. The van der Waals surface area contributed by atoms with Crippen molar-refractivity contribution in [3.8, 4) is 0 Å². The molecule has 0 amide bonds. The number of rotatable bonds is 10. The van der Waals surface area contributed by atoms with Crippen LogP contribution >= 0.6 is 0 Å². The molecule has 0 radical (unpaired) electrons. The molecule has 0 aromatic rings. The van der Waals surface area contributed by atoms with E-state index in [1.165, 1.54) is 0 Å². The van der Waals surface area contributed by atoms with Crippen LogP contribution in [-0.2, 0) is 9.59 Å². The molecule has 0 heterocycles. The number of nitrogens with two attached hydrogens (primary N) is 2. The fourth-order valence-corrected chi connectivity index (χ4v) is 0.845. The first-order chi connectivity index (χ1) is 8.54. The summed E-state index contributed by atoms with van der Waals surface area (Å²) in [4.78, 5) is 19.3. The van der Waals surface area contributed by atoms with Crippen LogP contribution in [0.1, 0.15) is 12.8 Å². The summed E-state index contributed by atoms with van der Waals surface area (Å²) < 4.78 is 0. The van der Waals surface area contributed by atoms with Gasteiger partial charge in [0.15, 0.2) is 0 Å². The molecule has 0 aliphatic carbocycles. The molecule has 0 atom stereocenters. The number of carboxylic acid groups (broad SMARTS) is 2. The van der Waals surface area contributed by atoms with E-state index in [-0.39, 0.29) is 12.8 Å². The van der Waals surface area contributed by atoms with Crippen LogP contribution in [0.3, 0.4) is 0 Å². The molecule has 0 aliphatic heterocycles. The topological polar surface area (TPSA) is 151 Å². The van der Waals surface area contributed by atoms with Crippen LogP contribution in [0.25, 0.3) is 0 Å². The monoisotopic (exact) mass is 264 g/mol. The van der Waals surface area contributed by atoms with Crippen LogP contribution in [0, 0.1) is 0 Å². The minimum Gasteiger partial charge on any atom is -0.481 e. The van der Waals surface area contributed by atoms with Gasteiger partial charge in [0.25, 0.3) is 0 Å². The van der Waals surface area contributed by atoms with Gasteiger partial charge in [0, 0.05) is 39.3 Å². The summed E-state index contributed by atoms with van der Waals surface area (Å²) >= 11 is 0. The van der Waals surface area contributed by atoms with Gasteiger partial charge in [-0.1, -0.05) is 0 Å². The number of aliphatic carboxylic acids is 2. The largest absolute Gasteiger partial charge is 0.481 e. The van der Waals surface area contributed by atoms with Crippen molar-refractivity contribution in [2.24, 2.45) is 11.5 Å². The maximum absolute atomic E-state index is 9.64. The van der Waals surface area contributed by atoms with Crippen molar-refractivity contribution >= 4 is 11.9 Å². The summed E-state index contributed by atoms with van der Waals surface area (Å²) in [7, 11) is 0. The summed E-state index contributed by atoms with van der Waals surface area (Å²) in [5.74, 6) is -2.15. The van der Waals surface area contributed by atoms with Crippen LogP contribution in [-0.4, -0.2) is 61.4 Å². The minimum atomic E-state index is -1.08. The number of hydrogen-bond donors (Lipinski definition) is 6. The second-order valence-corrected chi connectivity index (χ2v) is 3.36. The van der Waals surface area contributed by atoms with E-state index in [1.54, 1.807) is 0 Å². The minimum absolute atomic E-state index is 0.296. The maximum atomic E-state index is 9.64. The first kappa shape index (κ1) is 19.1. The van der Waals surface area contributed by atoms with Crippen molar-refractivity contribution in [2.45, 2.75) is 12.8 Å². The molecule has 0 saturated carbocycles. The lowest BCUT2D eigenvalue weighted by atomic mass is 10.3. The molecule has 0 saturated heterocycles. The van der Waals surface area contributed by atoms with Gasteiger partial charge in [-0.15, -0.1) is 0 Å². The molecule has 8 N–H and O–H groups in total. The maximum Gasteiger partial charge on any atom is 0.303 e. The van der Waals surface area contributed by atoms with Gasteiger partial charge in [-0.3, -0.25) is 9.59 Å². The molecular weight excluding hydrogens is 240 g/mol. The highest BCUT2D eigenvalue weighted by atomic mass is 16.4.